The van der Waals surface area contributed by atoms with E-state index in [0.29, 0.717) is 6.54 Å². The first-order chi connectivity index (χ1) is 9.16. The third-order valence-electron chi connectivity index (χ3n) is 2.90. The highest BCUT2D eigenvalue weighted by molar-refractivity contribution is 5.85. The van der Waals surface area contributed by atoms with E-state index in [1.54, 1.807) is 19.4 Å². The normalized spacial score (nSPS) is 11.0. The summed E-state index contributed by atoms with van der Waals surface area (Å²) < 4.78 is 1.99. The first-order valence-electron chi connectivity index (χ1n) is 6.22. The summed E-state index contributed by atoms with van der Waals surface area (Å²) in [7, 11) is 0. The van der Waals surface area contributed by atoms with Crippen molar-refractivity contribution >= 4 is 30.7 Å². The second-order valence-corrected chi connectivity index (χ2v) is 4.51. The molecular formula is C14H20Cl2N4O. The molecule has 1 aromatic carbocycles. The summed E-state index contributed by atoms with van der Waals surface area (Å²) in [6.45, 7) is 2.90. The Morgan fingerprint density at radius 2 is 2.00 bits per heavy atom. The van der Waals surface area contributed by atoms with Gasteiger partial charge >= 0.3 is 0 Å². The van der Waals surface area contributed by atoms with Gasteiger partial charge in [0.25, 0.3) is 0 Å². The Balaban J connectivity index is 0.00000200. The minimum Gasteiger partial charge on any atom is -0.351 e. The molecule has 0 spiro atoms. The monoisotopic (exact) mass is 330 g/mol. The molecule has 0 saturated heterocycles. The van der Waals surface area contributed by atoms with Crippen molar-refractivity contribution < 1.29 is 4.79 Å². The molecule has 2 aromatic rings. The van der Waals surface area contributed by atoms with Gasteiger partial charge < -0.3 is 15.6 Å². The van der Waals surface area contributed by atoms with Crippen molar-refractivity contribution in [2.75, 3.05) is 0 Å². The van der Waals surface area contributed by atoms with E-state index in [1.165, 1.54) is 0 Å². The van der Waals surface area contributed by atoms with Gasteiger partial charge in [0, 0.05) is 25.5 Å². The van der Waals surface area contributed by atoms with E-state index in [-0.39, 0.29) is 30.7 Å². The largest absolute Gasteiger partial charge is 0.351 e. The molecule has 0 saturated carbocycles. The van der Waals surface area contributed by atoms with Crippen molar-refractivity contribution in [1.82, 2.24) is 14.9 Å². The Kier molecular flexibility index (Phi) is 8.69. The van der Waals surface area contributed by atoms with Crippen molar-refractivity contribution in [3.8, 4) is 0 Å². The predicted molar refractivity (Wildman–Crippen MR) is 87.8 cm³/mol. The zero-order chi connectivity index (χ0) is 13.7. The highest BCUT2D eigenvalue weighted by Crippen LogP contribution is 2.10. The molecule has 1 aromatic heterocycles. The van der Waals surface area contributed by atoms with Gasteiger partial charge in [-0.25, -0.2) is 4.98 Å². The standard InChI is InChI=1S/C14H18N4O.2ClH/c1-11(15)14(19)17-8-12-4-2-3-5-13(12)9-18-7-6-16-10-18;;/h2-7,10-11H,8-9,15H2,1H3,(H,17,19);2*1H/t11-;;/m1../s1. The van der Waals surface area contributed by atoms with E-state index >= 15 is 0 Å². The zero-order valence-electron chi connectivity index (χ0n) is 11.7. The van der Waals surface area contributed by atoms with E-state index in [4.69, 9.17) is 5.73 Å². The lowest BCUT2D eigenvalue weighted by Crippen LogP contribution is -2.38. The Morgan fingerprint density at radius 3 is 2.57 bits per heavy atom. The fraction of sp³-hybridized carbons (Fsp3) is 0.286. The molecule has 7 heteroatoms. The minimum atomic E-state index is -0.485. The van der Waals surface area contributed by atoms with Crippen LogP contribution in [0.2, 0.25) is 0 Å². The van der Waals surface area contributed by atoms with Crippen LogP contribution in [0.25, 0.3) is 0 Å². The lowest BCUT2D eigenvalue weighted by molar-refractivity contribution is -0.122. The third kappa shape index (κ3) is 5.75. The van der Waals surface area contributed by atoms with E-state index in [9.17, 15) is 4.79 Å². The van der Waals surface area contributed by atoms with Gasteiger partial charge in [-0.1, -0.05) is 24.3 Å². The van der Waals surface area contributed by atoms with Crippen LogP contribution in [0.1, 0.15) is 18.1 Å². The number of amides is 1. The van der Waals surface area contributed by atoms with Crippen LogP contribution in [0, 0.1) is 0 Å². The summed E-state index contributed by atoms with van der Waals surface area (Å²) in [6, 6.07) is 7.52. The molecule has 5 nitrogen and oxygen atoms in total. The van der Waals surface area contributed by atoms with E-state index in [1.807, 2.05) is 35.0 Å². The molecule has 21 heavy (non-hydrogen) atoms. The number of nitrogens with zero attached hydrogens (tertiary/aromatic N) is 2. The van der Waals surface area contributed by atoms with Crippen molar-refractivity contribution in [3.05, 3.63) is 54.1 Å². The molecule has 0 aliphatic rings. The number of imidazole rings is 1. The van der Waals surface area contributed by atoms with Crippen LogP contribution in [0.3, 0.4) is 0 Å². The smallest absolute Gasteiger partial charge is 0.236 e. The predicted octanol–water partition coefficient (Wildman–Crippen LogP) is 1.74. The Labute approximate surface area is 136 Å². The van der Waals surface area contributed by atoms with E-state index in [0.717, 1.165) is 17.7 Å². The molecular weight excluding hydrogens is 311 g/mol. The average molecular weight is 331 g/mol. The highest BCUT2D eigenvalue weighted by atomic mass is 35.5. The molecule has 0 bridgehead atoms. The number of halogens is 2. The topological polar surface area (TPSA) is 72.9 Å². The number of carbonyl (C=O) groups is 1. The van der Waals surface area contributed by atoms with Gasteiger partial charge in [-0.2, -0.15) is 0 Å². The van der Waals surface area contributed by atoms with Gasteiger partial charge in [0.15, 0.2) is 0 Å². The molecule has 0 fully saturated rings. The summed E-state index contributed by atoms with van der Waals surface area (Å²) in [5.41, 5.74) is 7.77. The summed E-state index contributed by atoms with van der Waals surface area (Å²) in [5, 5.41) is 2.83. The van der Waals surface area contributed by atoms with Crippen LogP contribution < -0.4 is 11.1 Å². The Hall–Kier alpha value is -1.56. The first kappa shape index (κ1) is 19.4. The summed E-state index contributed by atoms with van der Waals surface area (Å²) in [4.78, 5) is 15.5. The van der Waals surface area contributed by atoms with E-state index < -0.39 is 6.04 Å². The van der Waals surface area contributed by atoms with E-state index in [2.05, 4.69) is 10.3 Å². The van der Waals surface area contributed by atoms with Gasteiger partial charge in [-0.3, -0.25) is 4.79 Å². The van der Waals surface area contributed by atoms with Gasteiger partial charge in [-0.05, 0) is 18.1 Å². The number of rotatable bonds is 5. The first-order valence-corrected chi connectivity index (χ1v) is 6.22. The fourth-order valence-electron chi connectivity index (χ4n) is 1.80. The maximum absolute atomic E-state index is 11.5. The van der Waals surface area contributed by atoms with Gasteiger partial charge in [0.2, 0.25) is 5.91 Å². The van der Waals surface area contributed by atoms with Crippen LogP contribution in [-0.2, 0) is 17.9 Å². The molecule has 0 radical (unpaired) electrons. The molecule has 116 valence electrons. The third-order valence-corrected chi connectivity index (χ3v) is 2.90. The summed E-state index contributed by atoms with van der Waals surface area (Å²) >= 11 is 0. The molecule has 0 aliphatic carbocycles. The second-order valence-electron chi connectivity index (χ2n) is 4.51. The average Bonchev–Trinajstić information content (AvgIpc) is 2.90. The molecule has 0 aliphatic heterocycles. The number of hydrogen-bond acceptors (Lipinski definition) is 3. The van der Waals surface area contributed by atoms with Crippen LogP contribution in [0.4, 0.5) is 0 Å². The van der Waals surface area contributed by atoms with Crippen molar-refractivity contribution in [2.24, 2.45) is 5.73 Å². The highest BCUT2D eigenvalue weighted by Gasteiger charge is 2.08. The van der Waals surface area contributed by atoms with Gasteiger partial charge in [0.1, 0.15) is 0 Å². The van der Waals surface area contributed by atoms with Gasteiger partial charge in [-0.15, -0.1) is 24.8 Å². The molecule has 3 N–H and O–H groups in total. The molecule has 1 heterocycles. The molecule has 1 amide bonds. The number of aromatic nitrogens is 2. The van der Waals surface area contributed by atoms with Crippen molar-refractivity contribution in [3.63, 3.8) is 0 Å². The number of hydrogen-bond donors (Lipinski definition) is 2. The summed E-state index contributed by atoms with van der Waals surface area (Å²) in [5.74, 6) is -0.141. The van der Waals surface area contributed by atoms with Crippen LogP contribution in [-0.4, -0.2) is 21.5 Å². The minimum absolute atomic E-state index is 0. The van der Waals surface area contributed by atoms with Crippen LogP contribution >= 0.6 is 24.8 Å². The zero-order valence-corrected chi connectivity index (χ0v) is 13.4. The number of carbonyl (C=O) groups excluding carboxylic acids is 1. The summed E-state index contributed by atoms with van der Waals surface area (Å²) in [6.07, 6.45) is 5.44. The van der Waals surface area contributed by atoms with Crippen LogP contribution in [0.15, 0.2) is 43.0 Å². The number of nitrogens with one attached hydrogen (secondary N) is 1. The lowest BCUT2D eigenvalue weighted by Gasteiger charge is -2.12. The lowest BCUT2D eigenvalue weighted by atomic mass is 10.1. The molecule has 2 rings (SSSR count). The Morgan fingerprint density at radius 1 is 1.33 bits per heavy atom. The van der Waals surface area contributed by atoms with Crippen LogP contribution in [0.5, 0.6) is 0 Å². The van der Waals surface area contributed by atoms with Gasteiger partial charge in [0.05, 0.1) is 12.4 Å². The molecule has 1 atom stereocenters. The SMILES string of the molecule is C[C@@H](N)C(=O)NCc1ccccc1Cn1ccnc1.Cl.Cl. The number of benzene rings is 1. The van der Waals surface area contributed by atoms with Crippen molar-refractivity contribution in [1.29, 1.82) is 0 Å². The number of nitrogens with two attached hydrogens (primary N) is 1. The molecule has 0 unspecified atom stereocenters. The van der Waals surface area contributed by atoms with Crippen molar-refractivity contribution in [2.45, 2.75) is 26.1 Å². The quantitative estimate of drug-likeness (QED) is 0.876. The Bertz CT molecular complexity index is 544. The maximum Gasteiger partial charge on any atom is 0.236 e. The fourth-order valence-corrected chi connectivity index (χ4v) is 1.80. The maximum atomic E-state index is 11.5. The second kappa shape index (κ2) is 9.39.